The fraction of sp³-hybridized carbons (Fsp3) is 0.457. The molecule has 1 amide bonds. The van der Waals surface area contributed by atoms with Crippen LogP contribution in [0.15, 0.2) is 84.0 Å². The number of nitrogens with one attached hydrogen (secondary N) is 1. The Balaban J connectivity index is 1.50. The van der Waals surface area contributed by atoms with E-state index in [-0.39, 0.29) is 11.9 Å². The van der Waals surface area contributed by atoms with Crippen molar-refractivity contribution in [3.8, 4) is 11.1 Å². The summed E-state index contributed by atoms with van der Waals surface area (Å²) >= 11 is 0. The summed E-state index contributed by atoms with van der Waals surface area (Å²) in [6.07, 6.45) is 14.9. The topological polar surface area (TPSA) is 35.6 Å². The molecule has 208 valence electrons. The van der Waals surface area contributed by atoms with Crippen LogP contribution in [0.25, 0.3) is 11.1 Å². The van der Waals surface area contributed by atoms with Crippen LogP contribution < -0.4 is 5.32 Å². The van der Waals surface area contributed by atoms with Crippen molar-refractivity contribution in [2.75, 3.05) is 32.0 Å². The number of anilines is 1. The molecular formula is C35H47N3O. The van der Waals surface area contributed by atoms with Crippen molar-refractivity contribution in [3.05, 3.63) is 89.5 Å². The van der Waals surface area contributed by atoms with E-state index < -0.39 is 0 Å². The third-order valence-electron chi connectivity index (χ3n) is 8.58. The smallest absolute Gasteiger partial charge is 0.254 e. The van der Waals surface area contributed by atoms with E-state index in [0.717, 1.165) is 56.0 Å². The lowest BCUT2D eigenvalue weighted by Crippen LogP contribution is -2.47. The van der Waals surface area contributed by atoms with Crippen LogP contribution in [0.2, 0.25) is 0 Å². The Hall–Kier alpha value is -3.11. The third-order valence-corrected chi connectivity index (χ3v) is 8.58. The van der Waals surface area contributed by atoms with Gasteiger partial charge in [0.2, 0.25) is 0 Å². The van der Waals surface area contributed by atoms with Crippen LogP contribution in [0, 0.1) is 5.92 Å². The lowest BCUT2D eigenvalue weighted by Gasteiger charge is -2.39. The van der Waals surface area contributed by atoms with E-state index in [4.69, 9.17) is 0 Å². The summed E-state index contributed by atoms with van der Waals surface area (Å²) in [6, 6.07) is 17.5. The number of benzene rings is 2. The molecule has 1 atom stereocenters. The molecule has 0 radical (unpaired) electrons. The maximum absolute atomic E-state index is 14.0. The van der Waals surface area contributed by atoms with Gasteiger partial charge in [0.15, 0.2) is 0 Å². The maximum atomic E-state index is 14.0. The Labute approximate surface area is 236 Å². The number of carbonyl (C=O) groups is 1. The van der Waals surface area contributed by atoms with Crippen LogP contribution in [0.4, 0.5) is 5.69 Å². The van der Waals surface area contributed by atoms with Crippen LogP contribution in [-0.2, 0) is 11.3 Å². The minimum Gasteiger partial charge on any atom is -0.388 e. The van der Waals surface area contributed by atoms with Gasteiger partial charge < -0.3 is 15.1 Å². The molecule has 1 N–H and O–H groups in total. The first kappa shape index (κ1) is 28.9. The second-order valence-electron chi connectivity index (χ2n) is 11.2. The Morgan fingerprint density at radius 3 is 2.28 bits per heavy atom. The number of piperidine rings is 1. The molecule has 0 bridgehead atoms. The molecule has 2 aromatic rings. The van der Waals surface area contributed by atoms with Crippen molar-refractivity contribution in [3.63, 3.8) is 0 Å². The fourth-order valence-electron chi connectivity index (χ4n) is 5.50. The van der Waals surface area contributed by atoms with Gasteiger partial charge in [-0.25, -0.2) is 0 Å². The summed E-state index contributed by atoms with van der Waals surface area (Å²) in [4.78, 5) is 18.7. The monoisotopic (exact) mass is 525 g/mol. The van der Waals surface area contributed by atoms with Crippen LogP contribution in [0.3, 0.4) is 0 Å². The van der Waals surface area contributed by atoms with E-state index in [1.54, 1.807) is 0 Å². The molecule has 1 fully saturated rings. The summed E-state index contributed by atoms with van der Waals surface area (Å²) in [5.41, 5.74) is 6.86. The molecule has 1 aliphatic carbocycles. The first-order chi connectivity index (χ1) is 19.0. The number of amides is 1. The highest BCUT2D eigenvalue weighted by atomic mass is 16.2. The van der Waals surface area contributed by atoms with Gasteiger partial charge in [-0.1, -0.05) is 87.4 Å². The van der Waals surface area contributed by atoms with Gasteiger partial charge >= 0.3 is 0 Å². The number of carbonyl (C=O) groups excluding carboxylic acids is 1. The zero-order valence-electron chi connectivity index (χ0n) is 24.5. The minimum atomic E-state index is 0.157. The minimum absolute atomic E-state index is 0.157. The quantitative estimate of drug-likeness (QED) is 0.324. The standard InChI is InChI=1S/C35H47N3O/c1-5-27(3)20-23-37-24-21-34(22-25-37)38(35(39)32-9-7-8-28(6-2)10-15-32)26-29-11-13-30(14-12-29)31-16-18-33(36-4)19-17-31/h7,9-19,27,34,36H,5-6,8,20-26H2,1-4H3. The Morgan fingerprint density at radius 2 is 1.67 bits per heavy atom. The number of hydrogen-bond acceptors (Lipinski definition) is 3. The van der Waals surface area contributed by atoms with Crippen LogP contribution >= 0.6 is 0 Å². The van der Waals surface area contributed by atoms with E-state index in [1.807, 2.05) is 19.2 Å². The van der Waals surface area contributed by atoms with Crippen molar-refractivity contribution in [1.82, 2.24) is 9.80 Å². The summed E-state index contributed by atoms with van der Waals surface area (Å²) < 4.78 is 0. The molecule has 0 spiro atoms. The number of likely N-dealkylation sites (tertiary alicyclic amines) is 1. The highest BCUT2D eigenvalue weighted by Gasteiger charge is 2.29. The van der Waals surface area contributed by atoms with Gasteiger partial charge in [0.25, 0.3) is 5.91 Å². The molecule has 2 aromatic carbocycles. The Bertz CT molecular complexity index is 1150. The van der Waals surface area contributed by atoms with E-state index >= 15 is 0 Å². The van der Waals surface area contributed by atoms with E-state index in [1.165, 1.54) is 41.6 Å². The van der Waals surface area contributed by atoms with Crippen LogP contribution in [-0.4, -0.2) is 48.4 Å². The molecule has 39 heavy (non-hydrogen) atoms. The van der Waals surface area contributed by atoms with Crippen LogP contribution in [0.5, 0.6) is 0 Å². The first-order valence-electron chi connectivity index (χ1n) is 15.0. The molecule has 1 unspecified atom stereocenters. The molecule has 1 aliphatic heterocycles. The van der Waals surface area contributed by atoms with Crippen molar-refractivity contribution in [1.29, 1.82) is 0 Å². The molecule has 4 heteroatoms. The van der Waals surface area contributed by atoms with Crippen molar-refractivity contribution < 1.29 is 4.79 Å². The summed E-state index contributed by atoms with van der Waals surface area (Å²) in [7, 11) is 1.94. The summed E-state index contributed by atoms with van der Waals surface area (Å²) in [5, 5.41) is 3.18. The highest BCUT2D eigenvalue weighted by Crippen LogP contribution is 2.26. The van der Waals surface area contributed by atoms with Crippen LogP contribution in [0.1, 0.15) is 64.9 Å². The molecule has 0 aromatic heterocycles. The van der Waals surface area contributed by atoms with Gasteiger partial charge in [-0.05, 0) is 79.5 Å². The maximum Gasteiger partial charge on any atom is 0.254 e. The lowest BCUT2D eigenvalue weighted by molar-refractivity contribution is -0.130. The first-order valence-corrected chi connectivity index (χ1v) is 15.0. The summed E-state index contributed by atoms with van der Waals surface area (Å²) in [5.74, 6) is 0.935. The zero-order valence-corrected chi connectivity index (χ0v) is 24.5. The Kier molecular flexibility index (Phi) is 10.6. The van der Waals surface area contributed by atoms with Gasteiger partial charge in [-0.15, -0.1) is 0 Å². The average Bonchev–Trinajstić information content (AvgIpc) is 3.25. The van der Waals surface area contributed by atoms with Gasteiger partial charge in [0.05, 0.1) is 0 Å². The van der Waals surface area contributed by atoms with Gasteiger partial charge in [0, 0.05) is 44.0 Å². The van der Waals surface area contributed by atoms with E-state index in [2.05, 4.69) is 96.6 Å². The van der Waals surface area contributed by atoms with Gasteiger partial charge in [0.1, 0.15) is 0 Å². The number of nitrogens with zero attached hydrogens (tertiary/aromatic N) is 2. The molecule has 2 aliphatic rings. The predicted octanol–water partition coefficient (Wildman–Crippen LogP) is 7.85. The molecule has 1 saturated heterocycles. The number of rotatable bonds is 11. The van der Waals surface area contributed by atoms with Gasteiger partial charge in [-0.2, -0.15) is 0 Å². The number of hydrogen-bond donors (Lipinski definition) is 1. The van der Waals surface area contributed by atoms with Crippen molar-refractivity contribution >= 4 is 11.6 Å². The van der Waals surface area contributed by atoms with E-state index in [9.17, 15) is 4.79 Å². The molecule has 0 saturated carbocycles. The highest BCUT2D eigenvalue weighted by molar-refractivity contribution is 5.96. The number of allylic oxidation sites excluding steroid dienone is 4. The second-order valence-corrected chi connectivity index (χ2v) is 11.2. The zero-order chi connectivity index (χ0) is 27.6. The SMILES string of the molecule is CCC1=CC=C(C(=O)N(Cc2ccc(-c3ccc(NC)cc3)cc2)C2CCN(CCC(C)CC)CC2)C=CC1. The summed E-state index contributed by atoms with van der Waals surface area (Å²) in [6.45, 7) is 10.8. The second kappa shape index (κ2) is 14.3. The predicted molar refractivity (Wildman–Crippen MR) is 166 cm³/mol. The fourth-order valence-corrected chi connectivity index (χ4v) is 5.50. The van der Waals surface area contributed by atoms with Crippen molar-refractivity contribution in [2.45, 2.75) is 71.9 Å². The molecule has 4 nitrogen and oxygen atoms in total. The molecule has 1 heterocycles. The normalized spacial score (nSPS) is 17.2. The Morgan fingerprint density at radius 1 is 1.00 bits per heavy atom. The lowest BCUT2D eigenvalue weighted by atomic mass is 9.98. The molecular weight excluding hydrogens is 478 g/mol. The van der Waals surface area contributed by atoms with Gasteiger partial charge in [-0.3, -0.25) is 4.79 Å². The third kappa shape index (κ3) is 7.95. The van der Waals surface area contributed by atoms with Crippen molar-refractivity contribution in [2.24, 2.45) is 5.92 Å². The average molecular weight is 526 g/mol. The largest absolute Gasteiger partial charge is 0.388 e. The molecule has 4 rings (SSSR count). The van der Waals surface area contributed by atoms with E-state index in [0.29, 0.717) is 6.54 Å².